The number of fused-ring (bicyclic) bond motifs is 1. The monoisotopic (exact) mass is 364 g/mol. The molecule has 0 aromatic heterocycles. The number of nitrogens with one attached hydrogen (secondary N) is 1. The van der Waals surface area contributed by atoms with E-state index in [1.165, 1.54) is 17.7 Å². The molecule has 7 heteroatoms. The number of rotatable bonds is 3. The first-order valence-electron chi connectivity index (χ1n) is 7.47. The van der Waals surface area contributed by atoms with E-state index in [0.717, 1.165) is 18.2 Å². The van der Waals surface area contributed by atoms with E-state index in [0.29, 0.717) is 24.3 Å². The van der Waals surface area contributed by atoms with E-state index >= 15 is 0 Å². The van der Waals surface area contributed by atoms with Crippen molar-refractivity contribution in [1.82, 2.24) is 4.90 Å². The molecule has 3 rings (SSSR count). The number of amides is 1. The molecule has 0 saturated heterocycles. The lowest BCUT2D eigenvalue weighted by Crippen LogP contribution is -2.36. The van der Waals surface area contributed by atoms with E-state index < -0.39 is 10.0 Å². The summed E-state index contributed by atoms with van der Waals surface area (Å²) < 4.78 is 24.9. The number of benzene rings is 2. The van der Waals surface area contributed by atoms with Crippen molar-refractivity contribution in [3.05, 3.63) is 64.2 Å². The van der Waals surface area contributed by atoms with E-state index in [4.69, 9.17) is 11.6 Å². The van der Waals surface area contributed by atoms with Crippen LogP contribution in [-0.2, 0) is 23.0 Å². The normalized spacial score (nSPS) is 14.2. The molecular weight excluding hydrogens is 348 g/mol. The van der Waals surface area contributed by atoms with Gasteiger partial charge in [-0.1, -0.05) is 35.9 Å². The van der Waals surface area contributed by atoms with E-state index in [2.05, 4.69) is 10.8 Å². The summed E-state index contributed by atoms with van der Waals surface area (Å²) in [5.74, 6) is -0.152. The minimum Gasteiger partial charge on any atom is -0.334 e. The van der Waals surface area contributed by atoms with Crippen LogP contribution in [0, 0.1) is 0 Å². The molecule has 126 valence electrons. The van der Waals surface area contributed by atoms with Crippen LogP contribution in [0.1, 0.15) is 21.5 Å². The first-order chi connectivity index (χ1) is 11.3. The molecule has 0 spiro atoms. The highest BCUT2D eigenvalue weighted by atomic mass is 35.5. The van der Waals surface area contributed by atoms with Gasteiger partial charge in [0.15, 0.2) is 0 Å². The molecular formula is C17H17ClN2O3S. The Labute approximate surface area is 146 Å². The summed E-state index contributed by atoms with van der Waals surface area (Å²) in [6.45, 7) is 1.18. The van der Waals surface area contributed by atoms with E-state index in [1.54, 1.807) is 11.0 Å². The quantitative estimate of drug-likeness (QED) is 0.910. The van der Waals surface area contributed by atoms with Gasteiger partial charge in [-0.05, 0) is 35.7 Å². The Morgan fingerprint density at radius 1 is 1.17 bits per heavy atom. The van der Waals surface area contributed by atoms with Crippen LogP contribution in [0.15, 0.2) is 42.5 Å². The zero-order chi connectivity index (χ0) is 17.3. The third-order valence-corrected chi connectivity index (χ3v) is 4.84. The van der Waals surface area contributed by atoms with Crippen molar-refractivity contribution in [2.75, 3.05) is 17.5 Å². The van der Waals surface area contributed by atoms with Crippen LogP contribution in [0.4, 0.5) is 5.69 Å². The predicted molar refractivity (Wildman–Crippen MR) is 94.8 cm³/mol. The van der Waals surface area contributed by atoms with Gasteiger partial charge in [-0.2, -0.15) is 0 Å². The lowest BCUT2D eigenvalue weighted by Gasteiger charge is -2.29. The second-order valence-corrected chi connectivity index (χ2v) is 7.97. The highest BCUT2D eigenvalue weighted by Crippen LogP contribution is 2.26. The fourth-order valence-corrected chi connectivity index (χ4v) is 3.62. The van der Waals surface area contributed by atoms with Gasteiger partial charge in [-0.3, -0.25) is 9.52 Å². The van der Waals surface area contributed by atoms with Crippen molar-refractivity contribution >= 4 is 33.2 Å². The van der Waals surface area contributed by atoms with Gasteiger partial charge in [-0.25, -0.2) is 8.42 Å². The van der Waals surface area contributed by atoms with Gasteiger partial charge in [0, 0.05) is 18.8 Å². The largest absolute Gasteiger partial charge is 0.334 e. The molecule has 2 aromatic carbocycles. The Bertz CT molecular complexity index is 896. The molecule has 0 radical (unpaired) electrons. The summed E-state index contributed by atoms with van der Waals surface area (Å²) in [6, 6.07) is 12.6. The summed E-state index contributed by atoms with van der Waals surface area (Å²) in [4.78, 5) is 14.5. The average Bonchev–Trinajstić information content (AvgIpc) is 2.52. The molecule has 5 nitrogen and oxygen atoms in total. The van der Waals surface area contributed by atoms with Gasteiger partial charge in [0.25, 0.3) is 5.91 Å². The summed E-state index contributed by atoms with van der Waals surface area (Å²) in [5, 5.41) is 0.229. The van der Waals surface area contributed by atoms with Crippen molar-refractivity contribution in [1.29, 1.82) is 0 Å². The van der Waals surface area contributed by atoms with Crippen LogP contribution in [0.3, 0.4) is 0 Å². The van der Waals surface area contributed by atoms with Crippen LogP contribution >= 0.6 is 11.6 Å². The SMILES string of the molecule is CS(=O)(=O)Nc1ccc(C(=O)N2CCc3ccccc3C2)c(Cl)c1. The summed E-state index contributed by atoms with van der Waals surface area (Å²) in [6.07, 6.45) is 1.87. The Morgan fingerprint density at radius 3 is 2.54 bits per heavy atom. The molecule has 0 unspecified atom stereocenters. The van der Waals surface area contributed by atoms with Crippen LogP contribution < -0.4 is 4.72 Å². The van der Waals surface area contributed by atoms with E-state index in [1.807, 2.05) is 18.2 Å². The molecule has 0 bridgehead atoms. The number of carbonyl (C=O) groups is 1. The smallest absolute Gasteiger partial charge is 0.255 e. The Hall–Kier alpha value is -2.05. The standard InChI is InChI=1S/C17H17ClN2O3S/c1-24(22,23)19-14-6-7-15(16(18)10-14)17(21)20-9-8-12-4-2-3-5-13(12)11-20/h2-7,10,19H,8-9,11H2,1H3. The summed E-state index contributed by atoms with van der Waals surface area (Å²) in [5.41, 5.74) is 3.11. The molecule has 1 aliphatic heterocycles. The van der Waals surface area contributed by atoms with Crippen molar-refractivity contribution in [3.8, 4) is 0 Å². The zero-order valence-corrected chi connectivity index (χ0v) is 14.7. The molecule has 24 heavy (non-hydrogen) atoms. The zero-order valence-electron chi connectivity index (χ0n) is 13.1. The van der Waals surface area contributed by atoms with Crippen LogP contribution in [0.5, 0.6) is 0 Å². The molecule has 0 saturated carbocycles. The van der Waals surface area contributed by atoms with Gasteiger partial charge in [-0.15, -0.1) is 0 Å². The fourth-order valence-electron chi connectivity index (χ4n) is 2.81. The molecule has 1 aliphatic rings. The third kappa shape index (κ3) is 3.71. The van der Waals surface area contributed by atoms with Crippen LogP contribution in [-0.4, -0.2) is 32.0 Å². The first-order valence-corrected chi connectivity index (χ1v) is 9.74. The molecule has 2 aromatic rings. The lowest BCUT2D eigenvalue weighted by molar-refractivity contribution is 0.0735. The molecule has 0 fully saturated rings. The number of hydrogen-bond acceptors (Lipinski definition) is 3. The second kappa shape index (κ2) is 6.45. The highest BCUT2D eigenvalue weighted by molar-refractivity contribution is 7.92. The molecule has 1 N–H and O–H groups in total. The minimum absolute atomic E-state index is 0.152. The van der Waals surface area contributed by atoms with Gasteiger partial charge in [0.2, 0.25) is 10.0 Å². The number of anilines is 1. The molecule has 1 heterocycles. The van der Waals surface area contributed by atoms with E-state index in [9.17, 15) is 13.2 Å². The highest BCUT2D eigenvalue weighted by Gasteiger charge is 2.23. The van der Waals surface area contributed by atoms with Crippen LogP contribution in [0.2, 0.25) is 5.02 Å². The summed E-state index contributed by atoms with van der Waals surface area (Å²) >= 11 is 6.19. The second-order valence-electron chi connectivity index (χ2n) is 5.81. The van der Waals surface area contributed by atoms with Gasteiger partial charge in [0.05, 0.1) is 16.8 Å². The van der Waals surface area contributed by atoms with Crippen molar-refractivity contribution in [3.63, 3.8) is 0 Å². The van der Waals surface area contributed by atoms with Crippen molar-refractivity contribution in [2.24, 2.45) is 0 Å². The number of carbonyl (C=O) groups excluding carboxylic acids is 1. The predicted octanol–water partition coefficient (Wildman–Crippen LogP) is 2.91. The first kappa shape index (κ1) is 16.8. The topological polar surface area (TPSA) is 66.5 Å². The number of nitrogens with zero attached hydrogens (tertiary/aromatic N) is 1. The Balaban J connectivity index is 1.81. The van der Waals surface area contributed by atoms with Crippen molar-refractivity contribution in [2.45, 2.75) is 13.0 Å². The molecule has 0 aliphatic carbocycles. The lowest BCUT2D eigenvalue weighted by atomic mass is 9.99. The average molecular weight is 365 g/mol. The minimum atomic E-state index is -3.38. The van der Waals surface area contributed by atoms with Crippen LogP contribution in [0.25, 0.3) is 0 Å². The van der Waals surface area contributed by atoms with Crippen molar-refractivity contribution < 1.29 is 13.2 Å². The third-order valence-electron chi connectivity index (χ3n) is 3.92. The maximum absolute atomic E-state index is 12.7. The fraction of sp³-hybridized carbons (Fsp3) is 0.235. The molecule has 0 atom stereocenters. The van der Waals surface area contributed by atoms with E-state index in [-0.39, 0.29) is 10.9 Å². The molecule has 1 amide bonds. The Morgan fingerprint density at radius 2 is 1.88 bits per heavy atom. The Kier molecular flexibility index (Phi) is 4.51. The number of halogens is 1. The number of hydrogen-bond donors (Lipinski definition) is 1. The van der Waals surface area contributed by atoms with Gasteiger partial charge < -0.3 is 4.90 Å². The van der Waals surface area contributed by atoms with Gasteiger partial charge >= 0.3 is 0 Å². The maximum atomic E-state index is 12.7. The summed E-state index contributed by atoms with van der Waals surface area (Å²) in [7, 11) is -3.38. The maximum Gasteiger partial charge on any atom is 0.255 e. The van der Waals surface area contributed by atoms with Gasteiger partial charge in [0.1, 0.15) is 0 Å². The number of sulfonamides is 1.